The molecule has 0 saturated carbocycles. The van der Waals surface area contributed by atoms with Crippen molar-refractivity contribution in [3.63, 3.8) is 0 Å². The van der Waals surface area contributed by atoms with Crippen molar-refractivity contribution in [1.29, 1.82) is 0 Å². The van der Waals surface area contributed by atoms with Gasteiger partial charge in [-0.25, -0.2) is 0 Å². The molecular formula is C14H25NO. The lowest BCUT2D eigenvalue weighted by Crippen LogP contribution is -2.19. The molecule has 0 saturated heterocycles. The van der Waals surface area contributed by atoms with Crippen LogP contribution >= 0.6 is 0 Å². The zero-order valence-electron chi connectivity index (χ0n) is 11.0. The molecule has 1 rings (SSSR count). The molecule has 0 aliphatic rings. The van der Waals surface area contributed by atoms with E-state index in [1.807, 2.05) is 7.05 Å². The summed E-state index contributed by atoms with van der Waals surface area (Å²) in [5.74, 6) is 2.96. The highest BCUT2D eigenvalue weighted by molar-refractivity contribution is 5.10. The number of hydrogen-bond acceptors (Lipinski definition) is 2. The van der Waals surface area contributed by atoms with E-state index in [1.54, 1.807) is 0 Å². The fraction of sp³-hybridized carbons (Fsp3) is 0.714. The van der Waals surface area contributed by atoms with Gasteiger partial charge in [-0.3, -0.25) is 0 Å². The summed E-state index contributed by atoms with van der Waals surface area (Å²) in [6, 6.07) is 4.57. The van der Waals surface area contributed by atoms with Crippen LogP contribution in [-0.2, 0) is 6.42 Å². The Morgan fingerprint density at radius 1 is 1.19 bits per heavy atom. The van der Waals surface area contributed by atoms with Gasteiger partial charge in [0.15, 0.2) is 0 Å². The van der Waals surface area contributed by atoms with E-state index < -0.39 is 0 Å². The summed E-state index contributed by atoms with van der Waals surface area (Å²) in [6.45, 7) is 6.65. The highest BCUT2D eigenvalue weighted by Gasteiger charge is 2.17. The van der Waals surface area contributed by atoms with Crippen LogP contribution in [0, 0.1) is 5.92 Å². The second kappa shape index (κ2) is 6.74. The standard InChI is InChI=1S/C14H25NO/c1-5-11(6-2)10-13(15-4)14-9-8-12(7-3)16-14/h8-9,11,13,15H,5-7,10H2,1-4H3. The summed E-state index contributed by atoms with van der Waals surface area (Å²) >= 11 is 0. The fourth-order valence-electron chi connectivity index (χ4n) is 2.10. The van der Waals surface area contributed by atoms with Crippen LogP contribution in [0.3, 0.4) is 0 Å². The second-order valence-electron chi connectivity index (χ2n) is 4.42. The van der Waals surface area contributed by atoms with Gasteiger partial charge in [0.05, 0.1) is 6.04 Å². The minimum Gasteiger partial charge on any atom is -0.464 e. The summed E-state index contributed by atoms with van der Waals surface area (Å²) in [6.07, 6.45) is 4.63. The molecule has 0 fully saturated rings. The molecule has 0 aliphatic heterocycles. The van der Waals surface area contributed by atoms with Crippen LogP contribution in [0.5, 0.6) is 0 Å². The molecule has 1 aromatic rings. The third-order valence-corrected chi connectivity index (χ3v) is 3.45. The molecule has 16 heavy (non-hydrogen) atoms. The minimum absolute atomic E-state index is 0.366. The monoisotopic (exact) mass is 223 g/mol. The Hall–Kier alpha value is -0.760. The smallest absolute Gasteiger partial charge is 0.121 e. The number of hydrogen-bond donors (Lipinski definition) is 1. The van der Waals surface area contributed by atoms with Gasteiger partial charge in [-0.1, -0.05) is 33.6 Å². The van der Waals surface area contributed by atoms with Crippen molar-refractivity contribution in [2.45, 2.75) is 52.5 Å². The lowest BCUT2D eigenvalue weighted by Gasteiger charge is -2.19. The van der Waals surface area contributed by atoms with Gasteiger partial charge in [0.25, 0.3) is 0 Å². The molecule has 0 radical (unpaired) electrons. The van der Waals surface area contributed by atoms with E-state index in [0.717, 1.165) is 23.9 Å². The summed E-state index contributed by atoms with van der Waals surface area (Å²) < 4.78 is 5.81. The molecule has 1 atom stereocenters. The lowest BCUT2D eigenvalue weighted by molar-refractivity contribution is 0.334. The average Bonchev–Trinajstić information content (AvgIpc) is 2.79. The van der Waals surface area contributed by atoms with E-state index in [4.69, 9.17) is 4.42 Å². The molecule has 92 valence electrons. The normalized spacial score (nSPS) is 13.3. The number of furan rings is 1. The Morgan fingerprint density at radius 3 is 2.31 bits per heavy atom. The zero-order valence-corrected chi connectivity index (χ0v) is 11.0. The summed E-state index contributed by atoms with van der Waals surface area (Å²) in [4.78, 5) is 0. The molecular weight excluding hydrogens is 198 g/mol. The van der Waals surface area contributed by atoms with E-state index in [0.29, 0.717) is 6.04 Å². The first-order chi connectivity index (χ1) is 7.74. The van der Waals surface area contributed by atoms with Crippen molar-refractivity contribution in [3.05, 3.63) is 23.7 Å². The largest absolute Gasteiger partial charge is 0.464 e. The predicted molar refractivity (Wildman–Crippen MR) is 68.6 cm³/mol. The van der Waals surface area contributed by atoms with Crippen LogP contribution in [-0.4, -0.2) is 7.05 Å². The Morgan fingerprint density at radius 2 is 1.88 bits per heavy atom. The minimum atomic E-state index is 0.366. The van der Waals surface area contributed by atoms with Crippen molar-refractivity contribution >= 4 is 0 Å². The third-order valence-electron chi connectivity index (χ3n) is 3.45. The van der Waals surface area contributed by atoms with Crippen molar-refractivity contribution in [3.8, 4) is 0 Å². The maximum atomic E-state index is 5.81. The van der Waals surface area contributed by atoms with Gasteiger partial charge in [0.2, 0.25) is 0 Å². The fourth-order valence-corrected chi connectivity index (χ4v) is 2.10. The van der Waals surface area contributed by atoms with Crippen LogP contribution < -0.4 is 5.32 Å². The first-order valence-corrected chi connectivity index (χ1v) is 6.50. The predicted octanol–water partition coefficient (Wildman–Crippen LogP) is 3.93. The summed E-state index contributed by atoms with van der Waals surface area (Å²) in [7, 11) is 2.02. The molecule has 1 unspecified atom stereocenters. The van der Waals surface area contributed by atoms with E-state index >= 15 is 0 Å². The van der Waals surface area contributed by atoms with Crippen LogP contribution in [0.2, 0.25) is 0 Å². The van der Waals surface area contributed by atoms with E-state index in [1.165, 1.54) is 19.3 Å². The highest BCUT2D eigenvalue weighted by atomic mass is 16.3. The molecule has 0 bridgehead atoms. The first kappa shape index (κ1) is 13.3. The third kappa shape index (κ3) is 3.38. The van der Waals surface area contributed by atoms with Gasteiger partial charge in [0.1, 0.15) is 11.5 Å². The maximum Gasteiger partial charge on any atom is 0.121 e. The van der Waals surface area contributed by atoms with Crippen LogP contribution in [0.1, 0.15) is 57.6 Å². The first-order valence-electron chi connectivity index (χ1n) is 6.50. The highest BCUT2D eigenvalue weighted by Crippen LogP contribution is 2.26. The molecule has 0 spiro atoms. The SMILES string of the molecule is CCc1ccc(C(CC(CC)CC)NC)o1. The number of rotatable bonds is 7. The van der Waals surface area contributed by atoms with Crippen molar-refractivity contribution < 1.29 is 4.42 Å². The molecule has 0 aromatic carbocycles. The quantitative estimate of drug-likeness (QED) is 0.757. The van der Waals surface area contributed by atoms with Gasteiger partial charge in [-0.15, -0.1) is 0 Å². The molecule has 0 amide bonds. The van der Waals surface area contributed by atoms with Crippen molar-refractivity contribution in [2.75, 3.05) is 7.05 Å². The Kier molecular flexibility index (Phi) is 5.61. The Balaban J connectivity index is 2.66. The van der Waals surface area contributed by atoms with Gasteiger partial charge in [-0.05, 0) is 31.5 Å². The van der Waals surface area contributed by atoms with Crippen molar-refractivity contribution in [2.24, 2.45) is 5.92 Å². The lowest BCUT2D eigenvalue weighted by atomic mass is 9.94. The molecule has 1 aromatic heterocycles. The summed E-state index contributed by atoms with van der Waals surface area (Å²) in [5.41, 5.74) is 0. The van der Waals surface area contributed by atoms with Crippen molar-refractivity contribution in [1.82, 2.24) is 5.32 Å². The van der Waals surface area contributed by atoms with Crippen LogP contribution in [0.15, 0.2) is 16.5 Å². The molecule has 1 N–H and O–H groups in total. The van der Waals surface area contributed by atoms with Crippen LogP contribution in [0.4, 0.5) is 0 Å². The topological polar surface area (TPSA) is 25.2 Å². The molecule has 1 heterocycles. The van der Waals surface area contributed by atoms with E-state index in [2.05, 4.69) is 38.2 Å². The zero-order chi connectivity index (χ0) is 12.0. The summed E-state index contributed by atoms with van der Waals surface area (Å²) in [5, 5.41) is 3.36. The van der Waals surface area contributed by atoms with Gasteiger partial charge < -0.3 is 9.73 Å². The average molecular weight is 223 g/mol. The Bertz CT molecular complexity index is 289. The van der Waals surface area contributed by atoms with Gasteiger partial charge in [0, 0.05) is 6.42 Å². The number of aryl methyl sites for hydroxylation is 1. The molecule has 0 aliphatic carbocycles. The van der Waals surface area contributed by atoms with E-state index in [-0.39, 0.29) is 0 Å². The molecule has 2 heteroatoms. The molecule has 2 nitrogen and oxygen atoms in total. The van der Waals surface area contributed by atoms with Crippen LogP contribution in [0.25, 0.3) is 0 Å². The second-order valence-corrected chi connectivity index (χ2v) is 4.42. The van der Waals surface area contributed by atoms with Gasteiger partial charge >= 0.3 is 0 Å². The Labute approximate surface area is 99.4 Å². The maximum absolute atomic E-state index is 5.81. The van der Waals surface area contributed by atoms with Gasteiger partial charge in [-0.2, -0.15) is 0 Å². The number of nitrogens with one attached hydrogen (secondary N) is 1. The van der Waals surface area contributed by atoms with E-state index in [9.17, 15) is 0 Å².